The summed E-state index contributed by atoms with van der Waals surface area (Å²) >= 11 is 6.42. The van der Waals surface area contributed by atoms with E-state index in [0.29, 0.717) is 6.42 Å². The predicted molar refractivity (Wildman–Crippen MR) is 61.4 cm³/mol. The molecule has 1 N–H and O–H groups in total. The monoisotopic (exact) mass is 307 g/mol. The van der Waals surface area contributed by atoms with Crippen LogP contribution in [0.15, 0.2) is 11.4 Å². The Morgan fingerprint density at radius 1 is 1.33 bits per heavy atom. The van der Waals surface area contributed by atoms with Crippen molar-refractivity contribution in [3.8, 4) is 0 Å². The minimum Gasteiger partial charge on any atom is -0.304 e. The second-order valence-corrected chi connectivity index (χ2v) is 5.00. The second-order valence-electron chi connectivity index (χ2n) is 3.64. The average Bonchev–Trinajstić information content (AvgIpc) is 2.63. The maximum atomic E-state index is 13.4. The molecule has 0 saturated carbocycles. The molecule has 1 unspecified atom stereocenters. The molecule has 1 nitrogen and oxygen atoms in total. The highest BCUT2D eigenvalue weighted by Crippen LogP contribution is 2.47. The van der Waals surface area contributed by atoms with Crippen LogP contribution in [-0.4, -0.2) is 18.6 Å². The minimum absolute atomic E-state index is 0.0462. The Balaban J connectivity index is 3.10. The number of alkyl halides is 5. The van der Waals surface area contributed by atoms with Crippen LogP contribution in [0.3, 0.4) is 0 Å². The van der Waals surface area contributed by atoms with Gasteiger partial charge in [0, 0.05) is 4.88 Å². The van der Waals surface area contributed by atoms with Crippen LogP contribution in [0, 0.1) is 0 Å². The number of hydrogen-bond acceptors (Lipinski definition) is 2. The third-order valence-electron chi connectivity index (χ3n) is 2.25. The Morgan fingerprint density at radius 3 is 2.33 bits per heavy atom. The molecule has 0 amide bonds. The molecule has 0 saturated heterocycles. The molecule has 0 spiro atoms. The Morgan fingerprint density at radius 2 is 1.94 bits per heavy atom. The van der Waals surface area contributed by atoms with Gasteiger partial charge in [-0.2, -0.15) is 22.0 Å². The van der Waals surface area contributed by atoms with Crippen molar-refractivity contribution in [1.29, 1.82) is 0 Å². The van der Waals surface area contributed by atoms with Gasteiger partial charge in [-0.05, 0) is 24.4 Å². The summed E-state index contributed by atoms with van der Waals surface area (Å²) in [6, 6.07) is -0.848. The molecule has 1 atom stereocenters. The van der Waals surface area contributed by atoms with E-state index in [4.69, 9.17) is 11.6 Å². The molecular weight excluding hydrogens is 297 g/mol. The summed E-state index contributed by atoms with van der Waals surface area (Å²) in [6.45, 7) is 1.72. The van der Waals surface area contributed by atoms with Crippen LogP contribution in [0.4, 0.5) is 22.0 Å². The third-order valence-corrected chi connectivity index (χ3v) is 3.67. The molecule has 0 aliphatic rings. The van der Waals surface area contributed by atoms with Crippen LogP contribution in [0.25, 0.3) is 0 Å². The van der Waals surface area contributed by atoms with Crippen LogP contribution < -0.4 is 5.32 Å². The molecular formula is C10H11ClF5NS. The lowest BCUT2D eigenvalue weighted by atomic mass is 10.1. The van der Waals surface area contributed by atoms with Crippen LogP contribution in [0.5, 0.6) is 0 Å². The van der Waals surface area contributed by atoms with Gasteiger partial charge >= 0.3 is 12.1 Å². The average molecular weight is 308 g/mol. The zero-order chi connectivity index (χ0) is 14.0. The fourth-order valence-electron chi connectivity index (χ4n) is 1.35. The Kier molecular flexibility index (Phi) is 4.97. The number of hydrogen-bond donors (Lipinski definition) is 1. The van der Waals surface area contributed by atoms with Crippen molar-refractivity contribution < 1.29 is 22.0 Å². The van der Waals surface area contributed by atoms with E-state index in [0.717, 1.165) is 11.3 Å². The van der Waals surface area contributed by atoms with E-state index in [1.54, 1.807) is 6.92 Å². The molecule has 1 aromatic heterocycles. The summed E-state index contributed by atoms with van der Waals surface area (Å²) in [5, 5.41) is 3.51. The van der Waals surface area contributed by atoms with Crippen molar-refractivity contribution in [2.24, 2.45) is 0 Å². The normalized spacial score (nSPS) is 14.8. The summed E-state index contributed by atoms with van der Waals surface area (Å²) in [5.74, 6) is -4.86. The van der Waals surface area contributed by atoms with Crippen molar-refractivity contribution in [3.05, 3.63) is 21.3 Å². The fourth-order valence-corrected chi connectivity index (χ4v) is 2.63. The molecule has 0 aliphatic heterocycles. The maximum absolute atomic E-state index is 13.4. The van der Waals surface area contributed by atoms with Crippen LogP contribution in [0.2, 0.25) is 5.02 Å². The van der Waals surface area contributed by atoms with Crippen molar-refractivity contribution in [1.82, 2.24) is 5.32 Å². The first-order chi connectivity index (χ1) is 8.21. The Labute approximate surface area is 110 Å². The zero-order valence-corrected chi connectivity index (χ0v) is 10.9. The van der Waals surface area contributed by atoms with Gasteiger partial charge in [-0.25, -0.2) is 0 Å². The quantitative estimate of drug-likeness (QED) is 0.781. The number of halogens is 6. The van der Waals surface area contributed by atoms with E-state index in [9.17, 15) is 22.0 Å². The van der Waals surface area contributed by atoms with Crippen molar-refractivity contribution in [2.75, 3.05) is 6.54 Å². The molecule has 0 radical (unpaired) electrons. The summed E-state index contributed by atoms with van der Waals surface area (Å²) in [5.41, 5.74) is 0. The van der Waals surface area contributed by atoms with Gasteiger partial charge in [-0.3, -0.25) is 0 Å². The minimum atomic E-state index is -5.62. The second kappa shape index (κ2) is 5.71. The first-order valence-electron chi connectivity index (χ1n) is 5.12. The first-order valence-corrected chi connectivity index (χ1v) is 6.38. The zero-order valence-electron chi connectivity index (χ0n) is 9.32. The third kappa shape index (κ3) is 3.13. The number of nitrogens with one attached hydrogen (secondary N) is 1. The van der Waals surface area contributed by atoms with Crippen molar-refractivity contribution in [3.63, 3.8) is 0 Å². The standard InChI is InChI=1S/C10H11ClF5NS/c1-2-4-17-8(7-6(11)3-5-18-7)9(12,13)10(14,15)16/h3,5,8,17H,2,4H2,1H3. The largest absolute Gasteiger partial charge is 0.455 e. The first kappa shape index (κ1) is 15.7. The lowest BCUT2D eigenvalue weighted by molar-refractivity contribution is -0.294. The van der Waals surface area contributed by atoms with Gasteiger partial charge in [0.2, 0.25) is 0 Å². The fraction of sp³-hybridized carbons (Fsp3) is 0.600. The molecule has 8 heteroatoms. The van der Waals surface area contributed by atoms with E-state index in [-0.39, 0.29) is 16.4 Å². The number of thiophene rings is 1. The highest BCUT2D eigenvalue weighted by Gasteiger charge is 2.63. The molecule has 18 heavy (non-hydrogen) atoms. The van der Waals surface area contributed by atoms with Crippen molar-refractivity contribution >= 4 is 22.9 Å². The molecule has 0 aliphatic carbocycles. The van der Waals surface area contributed by atoms with E-state index >= 15 is 0 Å². The molecule has 1 heterocycles. The van der Waals surface area contributed by atoms with Crippen LogP contribution in [0.1, 0.15) is 24.3 Å². The van der Waals surface area contributed by atoms with Gasteiger partial charge < -0.3 is 5.32 Å². The van der Waals surface area contributed by atoms with E-state index in [2.05, 4.69) is 5.32 Å². The van der Waals surface area contributed by atoms with Crippen LogP contribution in [-0.2, 0) is 0 Å². The summed E-state index contributed by atoms with van der Waals surface area (Å²) in [4.78, 5) is -0.201. The maximum Gasteiger partial charge on any atom is 0.455 e. The molecule has 1 rings (SSSR count). The Bertz CT molecular complexity index is 390. The van der Waals surface area contributed by atoms with Gasteiger partial charge in [0.15, 0.2) is 0 Å². The predicted octanol–water partition coefficient (Wildman–Crippen LogP) is 4.64. The Hall–Kier alpha value is -0.400. The SMILES string of the molecule is CCCNC(c1sccc1Cl)C(F)(F)C(F)(F)F. The molecule has 0 aromatic carbocycles. The molecule has 0 fully saturated rings. The lowest BCUT2D eigenvalue weighted by Crippen LogP contribution is -2.48. The van der Waals surface area contributed by atoms with E-state index < -0.39 is 18.1 Å². The highest BCUT2D eigenvalue weighted by atomic mass is 35.5. The van der Waals surface area contributed by atoms with Gasteiger partial charge in [0.25, 0.3) is 0 Å². The molecule has 1 aromatic rings. The highest BCUT2D eigenvalue weighted by molar-refractivity contribution is 7.10. The van der Waals surface area contributed by atoms with Gasteiger partial charge in [-0.15, -0.1) is 11.3 Å². The molecule has 104 valence electrons. The summed E-state index contributed by atoms with van der Waals surface area (Å²) < 4.78 is 64.1. The van der Waals surface area contributed by atoms with E-state index in [1.165, 1.54) is 11.4 Å². The van der Waals surface area contributed by atoms with Crippen LogP contribution >= 0.6 is 22.9 Å². The van der Waals surface area contributed by atoms with E-state index in [1.807, 2.05) is 0 Å². The molecule has 0 bridgehead atoms. The summed E-state index contributed by atoms with van der Waals surface area (Å²) in [6.07, 6.45) is -5.18. The van der Waals surface area contributed by atoms with Gasteiger partial charge in [0.05, 0.1) is 5.02 Å². The smallest absolute Gasteiger partial charge is 0.304 e. The topological polar surface area (TPSA) is 12.0 Å². The summed E-state index contributed by atoms with van der Waals surface area (Å²) in [7, 11) is 0. The van der Waals surface area contributed by atoms with Gasteiger partial charge in [0.1, 0.15) is 6.04 Å². The van der Waals surface area contributed by atoms with Crippen molar-refractivity contribution in [2.45, 2.75) is 31.5 Å². The van der Waals surface area contributed by atoms with Gasteiger partial charge in [-0.1, -0.05) is 18.5 Å². The number of rotatable bonds is 5. The lowest BCUT2D eigenvalue weighted by Gasteiger charge is -2.29.